The molecule has 0 saturated heterocycles. The number of carbonyl (C=O) groups excluding carboxylic acids is 1. The Hall–Kier alpha value is -2.08. The number of fused-ring (bicyclic) bond motifs is 1. The number of aromatic nitrogens is 1. The van der Waals surface area contributed by atoms with Crippen molar-refractivity contribution >= 4 is 17.0 Å². The van der Waals surface area contributed by atoms with Crippen LogP contribution in [-0.4, -0.2) is 41.1 Å². The molecule has 1 amide bonds. The van der Waals surface area contributed by atoms with Crippen LogP contribution in [0.4, 0.5) is 0 Å². The molecule has 6 nitrogen and oxygen atoms in total. The highest BCUT2D eigenvalue weighted by atomic mass is 16.4. The van der Waals surface area contributed by atoms with Crippen molar-refractivity contribution in [1.82, 2.24) is 14.8 Å². The molecule has 136 valence electrons. The number of rotatable bonds is 6. The quantitative estimate of drug-likeness (QED) is 0.873. The minimum Gasteiger partial charge on any atom is -0.408 e. The third-order valence-corrected chi connectivity index (χ3v) is 5.56. The van der Waals surface area contributed by atoms with Gasteiger partial charge in [0.1, 0.15) is 6.54 Å². The van der Waals surface area contributed by atoms with Gasteiger partial charge in [-0.3, -0.25) is 14.3 Å². The van der Waals surface area contributed by atoms with Crippen LogP contribution in [-0.2, 0) is 11.3 Å². The Morgan fingerprint density at radius 2 is 2.00 bits per heavy atom. The second-order valence-electron chi connectivity index (χ2n) is 7.00. The van der Waals surface area contributed by atoms with E-state index in [1.807, 2.05) is 12.1 Å². The summed E-state index contributed by atoms with van der Waals surface area (Å²) in [6.45, 7) is 3.72. The minimum atomic E-state index is -0.491. The average molecular weight is 345 g/mol. The Balaban J connectivity index is 1.69. The van der Waals surface area contributed by atoms with Gasteiger partial charge in [0.05, 0.1) is 5.52 Å². The zero-order chi connectivity index (χ0) is 17.9. The van der Waals surface area contributed by atoms with Crippen molar-refractivity contribution in [1.29, 1.82) is 0 Å². The van der Waals surface area contributed by atoms with Crippen LogP contribution in [0.5, 0.6) is 0 Å². The zero-order valence-corrected chi connectivity index (χ0v) is 15.1. The van der Waals surface area contributed by atoms with E-state index in [-0.39, 0.29) is 18.0 Å². The smallest absolute Gasteiger partial charge is 0.408 e. The van der Waals surface area contributed by atoms with Crippen molar-refractivity contribution in [3.63, 3.8) is 0 Å². The lowest BCUT2D eigenvalue weighted by atomic mass is 9.80. The highest BCUT2D eigenvalue weighted by Gasteiger charge is 2.35. The lowest BCUT2D eigenvalue weighted by molar-refractivity contribution is -0.122. The molecule has 0 aliphatic heterocycles. The number of para-hydroxylation sites is 2. The summed E-state index contributed by atoms with van der Waals surface area (Å²) in [5.74, 6) is -0.641. The van der Waals surface area contributed by atoms with E-state index in [1.165, 1.54) is 23.8 Å². The topological polar surface area (TPSA) is 67.5 Å². The highest BCUT2D eigenvalue weighted by molar-refractivity contribution is 5.79. The van der Waals surface area contributed by atoms with E-state index in [9.17, 15) is 9.59 Å². The molecular weight excluding hydrogens is 318 g/mol. The van der Waals surface area contributed by atoms with Crippen molar-refractivity contribution in [2.24, 2.45) is 0 Å². The van der Waals surface area contributed by atoms with Crippen molar-refractivity contribution in [2.75, 3.05) is 20.1 Å². The van der Waals surface area contributed by atoms with Gasteiger partial charge >= 0.3 is 5.76 Å². The molecule has 1 aliphatic carbocycles. The summed E-state index contributed by atoms with van der Waals surface area (Å²) < 4.78 is 6.58. The summed E-state index contributed by atoms with van der Waals surface area (Å²) in [7, 11) is 2.13. The standard InChI is InChI=1S/C19H27N3O3/c1-3-21(2)19(11-7-4-8-12-19)14-20-17(23)13-22-15-9-5-6-10-16(15)25-18(22)24/h5-6,9-10H,3-4,7-8,11-14H2,1-2H3,(H,20,23). The number of nitrogens with one attached hydrogen (secondary N) is 1. The van der Waals surface area contributed by atoms with Gasteiger partial charge in [-0.1, -0.05) is 38.3 Å². The Morgan fingerprint density at radius 3 is 2.72 bits per heavy atom. The monoisotopic (exact) mass is 345 g/mol. The van der Waals surface area contributed by atoms with E-state index >= 15 is 0 Å². The molecule has 3 rings (SSSR count). The molecule has 0 unspecified atom stereocenters. The Morgan fingerprint density at radius 1 is 1.28 bits per heavy atom. The van der Waals surface area contributed by atoms with Crippen molar-refractivity contribution in [3.8, 4) is 0 Å². The second-order valence-corrected chi connectivity index (χ2v) is 7.00. The number of benzene rings is 1. The van der Waals surface area contributed by atoms with E-state index in [4.69, 9.17) is 4.42 Å². The van der Waals surface area contributed by atoms with Gasteiger partial charge in [-0.25, -0.2) is 4.79 Å². The number of carbonyl (C=O) groups is 1. The van der Waals surface area contributed by atoms with Crippen LogP contribution >= 0.6 is 0 Å². The van der Waals surface area contributed by atoms with Crippen LogP contribution in [0, 0.1) is 0 Å². The average Bonchev–Trinajstić information content (AvgIpc) is 2.95. The van der Waals surface area contributed by atoms with Crippen LogP contribution in [0.15, 0.2) is 33.5 Å². The highest BCUT2D eigenvalue weighted by Crippen LogP contribution is 2.32. The summed E-state index contributed by atoms with van der Waals surface area (Å²) in [5, 5.41) is 3.06. The largest absolute Gasteiger partial charge is 0.420 e. The first-order chi connectivity index (χ1) is 12.1. The minimum absolute atomic E-state index is 0.0121. The maximum absolute atomic E-state index is 12.5. The SMILES string of the molecule is CCN(C)C1(CNC(=O)Cn2c(=O)oc3ccccc32)CCCCC1. The predicted molar refractivity (Wildman–Crippen MR) is 97.6 cm³/mol. The van der Waals surface area contributed by atoms with E-state index in [2.05, 4.69) is 24.2 Å². The fourth-order valence-corrected chi connectivity index (χ4v) is 3.87. The second kappa shape index (κ2) is 7.44. The third-order valence-electron chi connectivity index (χ3n) is 5.56. The van der Waals surface area contributed by atoms with Crippen LogP contribution in [0.3, 0.4) is 0 Å². The van der Waals surface area contributed by atoms with Crippen LogP contribution in [0.2, 0.25) is 0 Å². The summed E-state index contributed by atoms with van der Waals surface area (Å²) in [6, 6.07) is 7.17. The molecule has 6 heteroatoms. The summed E-state index contributed by atoms with van der Waals surface area (Å²) in [4.78, 5) is 26.8. The van der Waals surface area contributed by atoms with Crippen LogP contribution in [0.1, 0.15) is 39.0 Å². The van der Waals surface area contributed by atoms with Gasteiger partial charge in [-0.2, -0.15) is 0 Å². The first kappa shape index (κ1) is 17.7. The number of hydrogen-bond donors (Lipinski definition) is 1. The number of likely N-dealkylation sites (N-methyl/N-ethyl adjacent to an activating group) is 1. The fourth-order valence-electron chi connectivity index (χ4n) is 3.87. The van der Waals surface area contributed by atoms with E-state index in [1.54, 1.807) is 12.1 Å². The van der Waals surface area contributed by atoms with E-state index < -0.39 is 5.76 Å². The molecule has 1 N–H and O–H groups in total. The van der Waals surface area contributed by atoms with Gasteiger partial charge in [0.15, 0.2) is 5.58 Å². The lowest BCUT2D eigenvalue weighted by Crippen LogP contribution is -2.55. The first-order valence-corrected chi connectivity index (χ1v) is 9.12. The third kappa shape index (κ3) is 3.63. The molecule has 1 saturated carbocycles. The van der Waals surface area contributed by atoms with E-state index in [0.29, 0.717) is 17.6 Å². The maximum Gasteiger partial charge on any atom is 0.420 e. The molecule has 1 aliphatic rings. The Kier molecular flexibility index (Phi) is 5.27. The molecule has 1 fully saturated rings. The lowest BCUT2D eigenvalue weighted by Gasteiger charge is -2.44. The van der Waals surface area contributed by atoms with Gasteiger partial charge in [-0.15, -0.1) is 0 Å². The normalized spacial score (nSPS) is 17.1. The number of hydrogen-bond acceptors (Lipinski definition) is 4. The first-order valence-electron chi connectivity index (χ1n) is 9.12. The van der Waals surface area contributed by atoms with Gasteiger partial charge in [0, 0.05) is 12.1 Å². The molecule has 1 aromatic carbocycles. The van der Waals surface area contributed by atoms with E-state index in [0.717, 1.165) is 19.4 Å². The fraction of sp³-hybridized carbons (Fsp3) is 0.579. The summed E-state index contributed by atoms with van der Waals surface area (Å²) in [6.07, 6.45) is 5.88. The van der Waals surface area contributed by atoms with Crippen LogP contribution in [0.25, 0.3) is 11.1 Å². The summed E-state index contributed by atoms with van der Waals surface area (Å²) in [5.41, 5.74) is 1.20. The number of amides is 1. The van der Waals surface area contributed by atoms with Gasteiger partial charge in [0.2, 0.25) is 5.91 Å². The van der Waals surface area contributed by atoms with Gasteiger partial charge in [0.25, 0.3) is 0 Å². The Labute approximate surface area is 147 Å². The molecule has 25 heavy (non-hydrogen) atoms. The van der Waals surface area contributed by atoms with Crippen molar-refractivity contribution in [3.05, 3.63) is 34.8 Å². The van der Waals surface area contributed by atoms with Crippen LogP contribution < -0.4 is 11.1 Å². The van der Waals surface area contributed by atoms with Crippen molar-refractivity contribution < 1.29 is 9.21 Å². The molecule has 0 bridgehead atoms. The van der Waals surface area contributed by atoms with Gasteiger partial charge < -0.3 is 9.73 Å². The molecule has 0 spiro atoms. The zero-order valence-electron chi connectivity index (χ0n) is 15.1. The predicted octanol–water partition coefficient (Wildman–Crippen LogP) is 2.37. The molecule has 0 atom stereocenters. The van der Waals surface area contributed by atoms with Gasteiger partial charge in [-0.05, 0) is 38.6 Å². The molecule has 1 heterocycles. The molecule has 1 aromatic heterocycles. The molecule has 2 aromatic rings. The summed E-state index contributed by atoms with van der Waals surface area (Å²) >= 11 is 0. The maximum atomic E-state index is 12.5. The number of oxazole rings is 1. The number of nitrogens with zero attached hydrogens (tertiary/aromatic N) is 2. The van der Waals surface area contributed by atoms with Crippen molar-refractivity contribution in [2.45, 2.75) is 51.1 Å². The molecule has 0 radical (unpaired) electrons. The Bertz CT molecular complexity index is 787. The molecular formula is C19H27N3O3.